The van der Waals surface area contributed by atoms with Gasteiger partial charge in [-0.15, -0.1) is 0 Å². The van der Waals surface area contributed by atoms with Crippen LogP contribution >= 0.6 is 0 Å². The topological polar surface area (TPSA) is 0 Å². The number of hydrogen-bond donors (Lipinski definition) is 0. The van der Waals surface area contributed by atoms with Gasteiger partial charge in [0.2, 0.25) is 0 Å². The first kappa shape index (κ1) is 22.4. The lowest BCUT2D eigenvalue weighted by Crippen LogP contribution is -1.92. The summed E-state index contributed by atoms with van der Waals surface area (Å²) in [6.07, 6.45) is 6.09. The minimum absolute atomic E-state index is 0.0390. The zero-order chi connectivity index (χ0) is 23.4. The van der Waals surface area contributed by atoms with Crippen LogP contribution in [-0.4, -0.2) is 0 Å². The van der Waals surface area contributed by atoms with Gasteiger partial charge in [0.15, 0.2) is 17.5 Å². The van der Waals surface area contributed by atoms with Crippen LogP contribution in [0.2, 0.25) is 0 Å². The Balaban J connectivity index is 1.56. The highest BCUT2D eigenvalue weighted by molar-refractivity contribution is 5.84. The van der Waals surface area contributed by atoms with Crippen LogP contribution in [0, 0.1) is 35.1 Å². The smallest absolute Gasteiger partial charge is 0.195 e. The van der Waals surface area contributed by atoms with E-state index in [-0.39, 0.29) is 16.3 Å². The molecule has 0 aliphatic heterocycles. The van der Waals surface area contributed by atoms with Crippen LogP contribution in [0.4, 0.5) is 17.6 Å². The summed E-state index contributed by atoms with van der Waals surface area (Å²) in [5.74, 6) is 1.09. The summed E-state index contributed by atoms with van der Waals surface area (Å²) in [5, 5.41) is 0.144. The fourth-order valence-electron chi connectivity index (χ4n) is 3.60. The summed E-state index contributed by atoms with van der Waals surface area (Å²) in [6.45, 7) is 2.00. The summed E-state index contributed by atoms with van der Waals surface area (Å²) >= 11 is 0. The van der Waals surface area contributed by atoms with Gasteiger partial charge in [0.05, 0.1) is 5.56 Å². The summed E-state index contributed by atoms with van der Waals surface area (Å²) < 4.78 is 55.4. The fraction of sp³-hybridized carbons (Fsp3) is 0.103. The molecule has 0 aliphatic carbocycles. The SMILES string of the molecule is C/C=C/CCc1ccc(-c2ccc(C#Cc3ccc4c(F)c(F)c(F)cc4c3)c(F)c2)cc1. The number of fused-ring (bicyclic) bond motifs is 1. The van der Waals surface area contributed by atoms with Crippen molar-refractivity contribution in [3.63, 3.8) is 0 Å². The Morgan fingerprint density at radius 2 is 1.48 bits per heavy atom. The molecule has 0 unspecified atom stereocenters. The lowest BCUT2D eigenvalue weighted by atomic mass is 10.0. The second kappa shape index (κ2) is 9.75. The molecule has 0 aromatic heterocycles. The molecule has 0 aliphatic rings. The number of halogens is 4. The molecule has 0 spiro atoms. The summed E-state index contributed by atoms with van der Waals surface area (Å²) in [5.41, 5.74) is 3.52. The van der Waals surface area contributed by atoms with Crippen molar-refractivity contribution in [3.8, 4) is 23.0 Å². The molecule has 4 aromatic rings. The van der Waals surface area contributed by atoms with Crippen LogP contribution in [0.15, 0.2) is 78.9 Å². The van der Waals surface area contributed by atoms with E-state index in [0.29, 0.717) is 5.56 Å². The highest BCUT2D eigenvalue weighted by Gasteiger charge is 2.13. The van der Waals surface area contributed by atoms with Crippen molar-refractivity contribution < 1.29 is 17.6 Å². The molecule has 0 saturated carbocycles. The Hall–Kier alpha value is -3.84. The molecule has 4 heteroatoms. The maximum Gasteiger partial charge on any atom is 0.195 e. The van der Waals surface area contributed by atoms with Crippen LogP contribution in [0.5, 0.6) is 0 Å². The Labute approximate surface area is 190 Å². The molecule has 4 aromatic carbocycles. The summed E-state index contributed by atoms with van der Waals surface area (Å²) in [7, 11) is 0. The standard InChI is InChI=1S/C29H20F4/c1-2-3-4-5-19-6-10-21(11-7-19)23-14-13-22(26(30)17-23)12-8-20-9-15-25-24(16-20)18-27(31)29(33)28(25)32/h2-3,6-7,9-11,13-18H,4-5H2,1H3/b3-2+. The molecule has 0 radical (unpaired) electrons. The molecule has 0 amide bonds. The average molecular weight is 444 g/mol. The molecule has 164 valence electrons. The lowest BCUT2D eigenvalue weighted by molar-refractivity contribution is 0.453. The third-order valence-corrected chi connectivity index (χ3v) is 5.41. The number of allylic oxidation sites excluding steroid dienone is 2. The van der Waals surface area contributed by atoms with E-state index in [1.807, 2.05) is 37.3 Å². The largest absolute Gasteiger partial charge is 0.206 e. The molecule has 0 bridgehead atoms. The maximum atomic E-state index is 14.7. The predicted molar refractivity (Wildman–Crippen MR) is 125 cm³/mol. The molecule has 0 saturated heterocycles. The minimum Gasteiger partial charge on any atom is -0.206 e. The van der Waals surface area contributed by atoms with Gasteiger partial charge in [0.1, 0.15) is 5.82 Å². The molecule has 0 fully saturated rings. The second-order valence-electron chi connectivity index (χ2n) is 7.67. The van der Waals surface area contributed by atoms with Gasteiger partial charge in [-0.05, 0) is 72.2 Å². The number of aryl methyl sites for hydroxylation is 1. The molecule has 0 heterocycles. The van der Waals surface area contributed by atoms with Crippen molar-refractivity contribution >= 4 is 10.8 Å². The number of rotatable bonds is 4. The monoisotopic (exact) mass is 444 g/mol. The van der Waals surface area contributed by atoms with E-state index in [9.17, 15) is 17.6 Å². The summed E-state index contributed by atoms with van der Waals surface area (Å²) in [6, 6.07) is 18.1. The zero-order valence-electron chi connectivity index (χ0n) is 17.9. The Morgan fingerprint density at radius 1 is 0.727 bits per heavy atom. The molecule has 0 atom stereocenters. The van der Waals surface area contributed by atoms with Gasteiger partial charge in [-0.3, -0.25) is 0 Å². The normalized spacial score (nSPS) is 11.1. The third-order valence-electron chi connectivity index (χ3n) is 5.41. The van der Waals surface area contributed by atoms with Gasteiger partial charge in [-0.1, -0.05) is 60.4 Å². The maximum absolute atomic E-state index is 14.7. The van der Waals surface area contributed by atoms with Crippen molar-refractivity contribution in [2.45, 2.75) is 19.8 Å². The molecular formula is C29H20F4. The van der Waals surface area contributed by atoms with Gasteiger partial charge in [-0.25, -0.2) is 17.6 Å². The van der Waals surface area contributed by atoms with Crippen LogP contribution in [0.3, 0.4) is 0 Å². The molecule has 0 nitrogen and oxygen atoms in total. The van der Waals surface area contributed by atoms with E-state index in [1.165, 1.54) is 29.8 Å². The van der Waals surface area contributed by atoms with Gasteiger partial charge in [0.25, 0.3) is 0 Å². The quantitative estimate of drug-likeness (QED) is 0.130. The fourth-order valence-corrected chi connectivity index (χ4v) is 3.60. The first-order chi connectivity index (χ1) is 16.0. The Bertz CT molecular complexity index is 1400. The van der Waals surface area contributed by atoms with Gasteiger partial charge >= 0.3 is 0 Å². The van der Waals surface area contributed by atoms with Crippen LogP contribution in [0.1, 0.15) is 30.0 Å². The number of benzene rings is 4. The minimum atomic E-state index is -1.51. The highest BCUT2D eigenvalue weighted by Crippen LogP contribution is 2.25. The van der Waals surface area contributed by atoms with Crippen LogP contribution < -0.4 is 0 Å². The second-order valence-corrected chi connectivity index (χ2v) is 7.67. The van der Waals surface area contributed by atoms with E-state index >= 15 is 0 Å². The van der Waals surface area contributed by atoms with E-state index < -0.39 is 23.3 Å². The molecule has 33 heavy (non-hydrogen) atoms. The molecule has 0 N–H and O–H groups in total. The van der Waals surface area contributed by atoms with Crippen molar-refractivity contribution in [3.05, 3.63) is 119 Å². The van der Waals surface area contributed by atoms with Crippen LogP contribution in [-0.2, 0) is 6.42 Å². The van der Waals surface area contributed by atoms with Gasteiger partial charge in [0, 0.05) is 10.9 Å². The zero-order valence-corrected chi connectivity index (χ0v) is 17.9. The first-order valence-corrected chi connectivity index (χ1v) is 10.6. The first-order valence-electron chi connectivity index (χ1n) is 10.6. The van der Waals surface area contributed by atoms with Crippen molar-refractivity contribution in [2.75, 3.05) is 0 Å². The predicted octanol–water partition coefficient (Wildman–Crippen LogP) is 7.97. The summed E-state index contributed by atoms with van der Waals surface area (Å²) in [4.78, 5) is 0. The third kappa shape index (κ3) is 4.99. The van der Waals surface area contributed by atoms with Crippen molar-refractivity contribution in [1.29, 1.82) is 0 Å². The highest BCUT2D eigenvalue weighted by atomic mass is 19.2. The van der Waals surface area contributed by atoms with Crippen molar-refractivity contribution in [2.24, 2.45) is 0 Å². The Morgan fingerprint density at radius 3 is 2.21 bits per heavy atom. The van der Waals surface area contributed by atoms with E-state index in [1.54, 1.807) is 12.1 Å². The van der Waals surface area contributed by atoms with Gasteiger partial charge < -0.3 is 0 Å². The number of hydrogen-bond acceptors (Lipinski definition) is 0. The average Bonchev–Trinajstić information content (AvgIpc) is 2.82. The molecule has 4 rings (SSSR count). The lowest BCUT2D eigenvalue weighted by Gasteiger charge is -2.05. The van der Waals surface area contributed by atoms with Gasteiger partial charge in [-0.2, -0.15) is 0 Å². The Kier molecular flexibility index (Phi) is 6.60. The van der Waals surface area contributed by atoms with E-state index in [2.05, 4.69) is 17.9 Å². The van der Waals surface area contributed by atoms with Crippen LogP contribution in [0.25, 0.3) is 21.9 Å². The van der Waals surface area contributed by atoms with Crippen molar-refractivity contribution in [1.82, 2.24) is 0 Å². The van der Waals surface area contributed by atoms with E-state index in [0.717, 1.165) is 30.0 Å². The van der Waals surface area contributed by atoms with E-state index in [4.69, 9.17) is 0 Å². The molecular weight excluding hydrogens is 424 g/mol.